The molecule has 0 heterocycles. The van der Waals surface area contributed by atoms with E-state index in [9.17, 15) is 0 Å². The number of methoxy groups -OCH3 is 1. The largest absolute Gasteiger partial charge is 0.493 e. The summed E-state index contributed by atoms with van der Waals surface area (Å²) >= 11 is 6.01. The summed E-state index contributed by atoms with van der Waals surface area (Å²) in [7, 11) is 1.68. The van der Waals surface area contributed by atoms with E-state index in [1.807, 2.05) is 18.2 Å². The molecule has 0 radical (unpaired) electrons. The number of terminal acetylenes is 1. The molecule has 0 spiro atoms. The van der Waals surface area contributed by atoms with Gasteiger partial charge in [0.25, 0.3) is 0 Å². The number of unbranched alkanes of at least 4 members (excludes halogenated alkanes) is 1. The predicted molar refractivity (Wildman–Crippen MR) is 78.6 cm³/mol. The molecule has 3 nitrogen and oxygen atoms in total. The highest BCUT2D eigenvalue weighted by Crippen LogP contribution is 2.23. The molecule has 0 amide bonds. The van der Waals surface area contributed by atoms with Gasteiger partial charge in [-0.2, -0.15) is 0 Å². The van der Waals surface area contributed by atoms with Crippen molar-refractivity contribution in [3.63, 3.8) is 0 Å². The van der Waals surface area contributed by atoms with Crippen LogP contribution in [-0.2, 0) is 11.3 Å². The number of halogens is 1. The Bertz CT molecular complexity index is 415. The van der Waals surface area contributed by atoms with Crippen molar-refractivity contribution in [2.24, 2.45) is 0 Å². The van der Waals surface area contributed by atoms with E-state index in [2.05, 4.69) is 11.2 Å². The summed E-state index contributed by atoms with van der Waals surface area (Å²) in [4.78, 5) is 0. The third-order valence-electron chi connectivity index (χ3n) is 2.54. The number of hydrogen-bond donors (Lipinski definition) is 1. The Balaban J connectivity index is 2.51. The van der Waals surface area contributed by atoms with Gasteiger partial charge in [-0.1, -0.05) is 11.6 Å². The van der Waals surface area contributed by atoms with Crippen molar-refractivity contribution in [3.05, 3.63) is 28.8 Å². The molecule has 0 fully saturated rings. The van der Waals surface area contributed by atoms with Crippen molar-refractivity contribution in [3.8, 4) is 18.1 Å². The summed E-state index contributed by atoms with van der Waals surface area (Å²) < 4.78 is 10.7. The van der Waals surface area contributed by atoms with Crippen molar-refractivity contribution in [2.45, 2.75) is 19.4 Å². The van der Waals surface area contributed by atoms with Crippen LogP contribution in [0.3, 0.4) is 0 Å². The summed E-state index contributed by atoms with van der Waals surface area (Å²) in [5.74, 6) is 3.45. The van der Waals surface area contributed by atoms with Gasteiger partial charge in [-0.05, 0) is 24.6 Å². The first-order valence-corrected chi connectivity index (χ1v) is 6.70. The normalized spacial score (nSPS) is 10.2. The standard InChI is InChI=1S/C15H20ClNO2/c1-3-4-5-9-19-15-7-6-14(16)11-13(15)12-17-8-10-18-2/h1,6-7,11,17H,4-5,8-10,12H2,2H3. The molecule has 0 bridgehead atoms. The number of hydrogen-bond acceptors (Lipinski definition) is 3. The maximum atomic E-state index is 6.01. The predicted octanol–water partition coefficient (Wildman–Crippen LogP) is 2.87. The average molecular weight is 282 g/mol. The molecule has 4 heteroatoms. The summed E-state index contributed by atoms with van der Waals surface area (Å²) in [6.45, 7) is 2.80. The number of ether oxygens (including phenoxy) is 2. The Morgan fingerprint density at radius 3 is 2.95 bits per heavy atom. The van der Waals surface area contributed by atoms with E-state index in [0.29, 0.717) is 24.8 Å². The van der Waals surface area contributed by atoms with E-state index in [0.717, 1.165) is 30.7 Å². The molecule has 0 atom stereocenters. The zero-order chi connectivity index (χ0) is 13.9. The molecule has 19 heavy (non-hydrogen) atoms. The molecule has 1 aromatic rings. The van der Waals surface area contributed by atoms with Gasteiger partial charge in [0.15, 0.2) is 0 Å². The van der Waals surface area contributed by atoms with Gasteiger partial charge in [0, 0.05) is 37.2 Å². The third-order valence-corrected chi connectivity index (χ3v) is 2.78. The highest BCUT2D eigenvalue weighted by atomic mass is 35.5. The molecule has 1 aromatic carbocycles. The molecule has 0 saturated carbocycles. The minimum atomic E-state index is 0.622. The van der Waals surface area contributed by atoms with Crippen LogP contribution in [0.25, 0.3) is 0 Å². The molecule has 104 valence electrons. The molecule has 1 rings (SSSR count). The Labute approximate surface area is 120 Å². The van der Waals surface area contributed by atoms with Gasteiger partial charge in [-0.15, -0.1) is 12.3 Å². The molecule has 1 N–H and O–H groups in total. The lowest BCUT2D eigenvalue weighted by molar-refractivity contribution is 0.199. The zero-order valence-corrected chi connectivity index (χ0v) is 12.0. The second-order valence-electron chi connectivity index (χ2n) is 4.08. The van der Waals surface area contributed by atoms with E-state index in [4.69, 9.17) is 27.5 Å². The van der Waals surface area contributed by atoms with Crippen LogP contribution in [0.15, 0.2) is 18.2 Å². The molecule has 0 aliphatic heterocycles. The Morgan fingerprint density at radius 2 is 2.21 bits per heavy atom. The second-order valence-corrected chi connectivity index (χ2v) is 4.51. The van der Waals surface area contributed by atoms with Gasteiger partial charge in [0.2, 0.25) is 0 Å². The van der Waals surface area contributed by atoms with Crippen LogP contribution in [0.1, 0.15) is 18.4 Å². The molecule has 0 aliphatic carbocycles. The lowest BCUT2D eigenvalue weighted by Gasteiger charge is -2.12. The van der Waals surface area contributed by atoms with E-state index in [-0.39, 0.29) is 0 Å². The first-order valence-electron chi connectivity index (χ1n) is 6.32. The van der Waals surface area contributed by atoms with E-state index in [1.54, 1.807) is 7.11 Å². The zero-order valence-electron chi connectivity index (χ0n) is 11.2. The Hall–Kier alpha value is -1.21. The molecule has 0 aromatic heterocycles. The summed E-state index contributed by atoms with van der Waals surface area (Å²) in [5, 5.41) is 3.98. The van der Waals surface area contributed by atoms with Crippen LogP contribution in [0.5, 0.6) is 5.75 Å². The first kappa shape index (κ1) is 15.8. The van der Waals surface area contributed by atoms with Crippen LogP contribution in [0.4, 0.5) is 0 Å². The smallest absolute Gasteiger partial charge is 0.123 e. The Kier molecular flexibility index (Phi) is 8.08. The lowest BCUT2D eigenvalue weighted by atomic mass is 10.2. The fourth-order valence-electron chi connectivity index (χ4n) is 1.58. The van der Waals surface area contributed by atoms with Crippen molar-refractivity contribution in [1.82, 2.24) is 5.32 Å². The fraction of sp³-hybridized carbons (Fsp3) is 0.467. The molecular formula is C15H20ClNO2. The molecule has 0 unspecified atom stereocenters. The highest BCUT2D eigenvalue weighted by molar-refractivity contribution is 6.30. The van der Waals surface area contributed by atoms with Gasteiger partial charge in [0.05, 0.1) is 13.2 Å². The highest BCUT2D eigenvalue weighted by Gasteiger charge is 2.04. The van der Waals surface area contributed by atoms with Crippen molar-refractivity contribution >= 4 is 11.6 Å². The quantitative estimate of drug-likeness (QED) is 0.558. The molecule has 0 aliphatic rings. The Morgan fingerprint density at radius 1 is 1.37 bits per heavy atom. The van der Waals surface area contributed by atoms with Crippen LogP contribution in [0, 0.1) is 12.3 Å². The van der Waals surface area contributed by atoms with Crippen LogP contribution in [0.2, 0.25) is 5.02 Å². The van der Waals surface area contributed by atoms with Crippen LogP contribution in [-0.4, -0.2) is 26.9 Å². The van der Waals surface area contributed by atoms with Crippen LogP contribution >= 0.6 is 11.6 Å². The monoisotopic (exact) mass is 281 g/mol. The lowest BCUT2D eigenvalue weighted by Crippen LogP contribution is -2.19. The van der Waals surface area contributed by atoms with Crippen molar-refractivity contribution < 1.29 is 9.47 Å². The number of benzene rings is 1. The van der Waals surface area contributed by atoms with E-state index < -0.39 is 0 Å². The van der Waals surface area contributed by atoms with Gasteiger partial charge in [-0.3, -0.25) is 0 Å². The minimum Gasteiger partial charge on any atom is -0.493 e. The number of nitrogens with one attached hydrogen (secondary N) is 1. The summed E-state index contributed by atoms with van der Waals surface area (Å²) in [6, 6.07) is 5.64. The minimum absolute atomic E-state index is 0.622. The maximum Gasteiger partial charge on any atom is 0.123 e. The van der Waals surface area contributed by atoms with Crippen molar-refractivity contribution in [2.75, 3.05) is 26.9 Å². The van der Waals surface area contributed by atoms with Gasteiger partial charge in [-0.25, -0.2) is 0 Å². The van der Waals surface area contributed by atoms with Gasteiger partial charge >= 0.3 is 0 Å². The third kappa shape index (κ3) is 6.49. The number of rotatable bonds is 9. The summed E-state index contributed by atoms with van der Waals surface area (Å²) in [5.41, 5.74) is 1.05. The average Bonchev–Trinajstić information content (AvgIpc) is 2.41. The van der Waals surface area contributed by atoms with Gasteiger partial charge in [0.1, 0.15) is 5.75 Å². The first-order chi connectivity index (χ1) is 9.27. The molecule has 0 saturated heterocycles. The molecular weight excluding hydrogens is 262 g/mol. The second kappa shape index (κ2) is 9.69. The van der Waals surface area contributed by atoms with Gasteiger partial charge < -0.3 is 14.8 Å². The maximum absolute atomic E-state index is 6.01. The summed E-state index contributed by atoms with van der Waals surface area (Å²) in [6.07, 6.45) is 6.80. The van der Waals surface area contributed by atoms with Crippen molar-refractivity contribution in [1.29, 1.82) is 0 Å². The van der Waals surface area contributed by atoms with Crippen LogP contribution < -0.4 is 10.1 Å². The SMILES string of the molecule is C#CCCCOc1ccc(Cl)cc1CNCCOC. The fourth-order valence-corrected chi connectivity index (χ4v) is 1.78. The van der Waals surface area contributed by atoms with E-state index >= 15 is 0 Å². The topological polar surface area (TPSA) is 30.5 Å². The van der Waals surface area contributed by atoms with E-state index in [1.165, 1.54) is 0 Å².